The smallest absolute Gasteiger partial charge is 0.313 e. The number of nitrogens with zero attached hydrogens (tertiary/aromatic N) is 5. The number of piperidine rings is 1. The number of aromatic nitrogens is 3. The average Bonchev–Trinajstić information content (AvgIpc) is 3.62. The van der Waals surface area contributed by atoms with Crippen molar-refractivity contribution in [1.29, 1.82) is 0 Å². The molecule has 1 aromatic carbocycles. The number of anilines is 2. The SMILES string of the molecule is C[C@H]1CC[C@@H](c2ccc3c(cnn3CCN(C)C)c2)N(C(=O)C(=O)Nc2cnc(N)c(C3CC3)c2)C1. The Morgan fingerprint density at radius 2 is 1.94 bits per heavy atom. The van der Waals surface area contributed by atoms with Crippen LogP contribution in [0.2, 0.25) is 0 Å². The number of nitrogens with one attached hydrogen (secondary N) is 1. The Bertz CT molecular complexity index is 1280. The molecule has 5 rings (SSSR count). The molecule has 190 valence electrons. The van der Waals surface area contributed by atoms with Crippen LogP contribution in [0.15, 0.2) is 36.7 Å². The minimum atomic E-state index is -0.639. The minimum Gasteiger partial charge on any atom is -0.383 e. The zero-order valence-electron chi connectivity index (χ0n) is 21.3. The second kappa shape index (κ2) is 9.89. The van der Waals surface area contributed by atoms with E-state index in [1.165, 1.54) is 6.20 Å². The van der Waals surface area contributed by atoms with E-state index in [4.69, 9.17) is 5.73 Å². The van der Waals surface area contributed by atoms with E-state index in [1.54, 1.807) is 4.90 Å². The van der Waals surface area contributed by atoms with E-state index >= 15 is 0 Å². The summed E-state index contributed by atoms with van der Waals surface area (Å²) in [4.78, 5) is 34.5. The fraction of sp³-hybridized carbons (Fsp3) is 0.481. The molecule has 9 heteroatoms. The van der Waals surface area contributed by atoms with E-state index in [0.717, 1.165) is 60.8 Å². The van der Waals surface area contributed by atoms with Gasteiger partial charge in [0.05, 0.1) is 36.2 Å². The molecule has 2 fully saturated rings. The molecule has 0 bridgehead atoms. The molecular weight excluding hydrogens is 454 g/mol. The summed E-state index contributed by atoms with van der Waals surface area (Å²) in [7, 11) is 4.09. The van der Waals surface area contributed by atoms with Crippen molar-refractivity contribution in [2.24, 2.45) is 5.92 Å². The van der Waals surface area contributed by atoms with Gasteiger partial charge < -0.3 is 20.9 Å². The van der Waals surface area contributed by atoms with Crippen molar-refractivity contribution in [2.75, 3.05) is 38.2 Å². The Balaban J connectivity index is 1.35. The highest BCUT2D eigenvalue weighted by atomic mass is 16.2. The molecule has 0 unspecified atom stereocenters. The van der Waals surface area contributed by atoms with Gasteiger partial charge in [-0.3, -0.25) is 14.3 Å². The molecule has 1 aliphatic carbocycles. The van der Waals surface area contributed by atoms with Crippen LogP contribution in [0.5, 0.6) is 0 Å². The Kier molecular flexibility index (Phi) is 6.66. The van der Waals surface area contributed by atoms with Crippen LogP contribution < -0.4 is 11.1 Å². The van der Waals surface area contributed by atoms with Gasteiger partial charge in [-0.05, 0) is 80.9 Å². The van der Waals surface area contributed by atoms with Gasteiger partial charge >= 0.3 is 11.8 Å². The molecule has 2 aliphatic rings. The second-order valence-electron chi connectivity index (χ2n) is 10.6. The molecule has 3 heterocycles. The zero-order valence-corrected chi connectivity index (χ0v) is 21.3. The molecule has 0 spiro atoms. The molecule has 36 heavy (non-hydrogen) atoms. The van der Waals surface area contributed by atoms with Crippen LogP contribution in [0.4, 0.5) is 11.5 Å². The van der Waals surface area contributed by atoms with Crippen molar-refractivity contribution in [3.05, 3.63) is 47.8 Å². The van der Waals surface area contributed by atoms with Crippen LogP contribution in [0.25, 0.3) is 10.9 Å². The van der Waals surface area contributed by atoms with Crippen LogP contribution in [0.1, 0.15) is 55.7 Å². The van der Waals surface area contributed by atoms with Gasteiger partial charge in [-0.25, -0.2) is 4.98 Å². The second-order valence-corrected chi connectivity index (χ2v) is 10.6. The minimum absolute atomic E-state index is 0.152. The first-order valence-corrected chi connectivity index (χ1v) is 12.8. The number of hydrogen-bond donors (Lipinski definition) is 2. The maximum atomic E-state index is 13.4. The number of likely N-dealkylation sites (tertiary alicyclic amines) is 1. The molecule has 1 saturated heterocycles. The van der Waals surface area contributed by atoms with E-state index in [-0.39, 0.29) is 6.04 Å². The van der Waals surface area contributed by atoms with Crippen molar-refractivity contribution in [2.45, 2.75) is 51.1 Å². The van der Waals surface area contributed by atoms with Gasteiger partial charge in [0.25, 0.3) is 0 Å². The standard InChI is InChI=1S/C27H35N7O2/c1-17-4-8-23(19-7-9-24-20(12-19)14-30-34(24)11-10-32(2)3)33(16-17)27(36)26(35)31-21-13-22(18-5-6-18)25(28)29-15-21/h7,9,12-15,17-18,23H,4-6,8,10-11,16H2,1-3H3,(H2,28,29)(H,31,35)/t17-,23-/m0/s1. The lowest BCUT2D eigenvalue weighted by molar-refractivity contribution is -0.146. The first-order chi connectivity index (χ1) is 17.3. The lowest BCUT2D eigenvalue weighted by atomic mass is 9.89. The predicted octanol–water partition coefficient (Wildman–Crippen LogP) is 3.39. The van der Waals surface area contributed by atoms with E-state index in [9.17, 15) is 9.59 Å². The van der Waals surface area contributed by atoms with Crippen molar-refractivity contribution in [3.8, 4) is 0 Å². The zero-order chi connectivity index (χ0) is 25.4. The predicted molar refractivity (Wildman–Crippen MR) is 140 cm³/mol. The third-order valence-electron chi connectivity index (χ3n) is 7.31. The van der Waals surface area contributed by atoms with Gasteiger partial charge in [0.15, 0.2) is 0 Å². The van der Waals surface area contributed by atoms with Crippen LogP contribution in [-0.4, -0.2) is 63.6 Å². The molecule has 1 aliphatic heterocycles. The highest BCUT2D eigenvalue weighted by Gasteiger charge is 2.35. The molecule has 9 nitrogen and oxygen atoms in total. The average molecular weight is 490 g/mol. The molecule has 3 N–H and O–H groups in total. The first kappa shape index (κ1) is 24.2. The van der Waals surface area contributed by atoms with E-state index in [0.29, 0.717) is 29.9 Å². The summed E-state index contributed by atoms with van der Waals surface area (Å²) >= 11 is 0. The highest BCUT2D eigenvalue weighted by Crippen LogP contribution is 2.43. The molecule has 3 aromatic rings. The lowest BCUT2D eigenvalue weighted by Gasteiger charge is -2.38. The number of likely N-dealkylation sites (N-methyl/N-ethyl adjacent to an activating group) is 1. The number of amides is 2. The lowest BCUT2D eigenvalue weighted by Crippen LogP contribution is -2.46. The van der Waals surface area contributed by atoms with Crippen molar-refractivity contribution >= 4 is 34.2 Å². The molecule has 2 atom stereocenters. The molecule has 0 radical (unpaired) electrons. The van der Waals surface area contributed by atoms with Crippen molar-refractivity contribution in [3.63, 3.8) is 0 Å². The summed E-state index contributed by atoms with van der Waals surface area (Å²) in [6.07, 6.45) is 7.37. The Morgan fingerprint density at radius 1 is 1.14 bits per heavy atom. The van der Waals surface area contributed by atoms with E-state index < -0.39 is 11.8 Å². The number of pyridine rings is 1. The molecular formula is C27H35N7O2. The van der Waals surface area contributed by atoms with Gasteiger partial charge in [0.1, 0.15) is 5.82 Å². The largest absolute Gasteiger partial charge is 0.383 e. The van der Waals surface area contributed by atoms with Crippen LogP contribution in [0, 0.1) is 5.92 Å². The molecule has 2 aromatic heterocycles. The molecule has 2 amide bonds. The van der Waals surface area contributed by atoms with E-state index in [1.807, 2.05) is 31.0 Å². The van der Waals surface area contributed by atoms with Crippen LogP contribution >= 0.6 is 0 Å². The summed E-state index contributed by atoms with van der Waals surface area (Å²) in [5, 5.41) is 8.37. The third-order valence-corrected chi connectivity index (χ3v) is 7.31. The topological polar surface area (TPSA) is 109 Å². The quantitative estimate of drug-likeness (QED) is 0.514. The number of benzene rings is 1. The fourth-order valence-electron chi connectivity index (χ4n) is 5.11. The third kappa shape index (κ3) is 5.06. The Morgan fingerprint density at radius 3 is 2.69 bits per heavy atom. The number of carbonyl (C=O) groups excluding carboxylic acids is 2. The Labute approximate surface area is 211 Å². The van der Waals surface area contributed by atoms with Gasteiger partial charge in [-0.15, -0.1) is 0 Å². The number of nitrogens with two attached hydrogens (primary N) is 1. The Hall–Kier alpha value is -3.46. The van der Waals surface area contributed by atoms with E-state index in [2.05, 4.69) is 45.4 Å². The first-order valence-electron chi connectivity index (χ1n) is 12.8. The summed E-state index contributed by atoms with van der Waals surface area (Å²) in [5.74, 6) is 0.0694. The number of carbonyl (C=O) groups is 2. The maximum absolute atomic E-state index is 13.4. The number of rotatable bonds is 6. The van der Waals surface area contributed by atoms with Crippen molar-refractivity contribution < 1.29 is 9.59 Å². The summed E-state index contributed by atoms with van der Waals surface area (Å²) < 4.78 is 2.01. The highest BCUT2D eigenvalue weighted by molar-refractivity contribution is 6.39. The monoisotopic (exact) mass is 489 g/mol. The summed E-state index contributed by atoms with van der Waals surface area (Å²) in [6, 6.07) is 7.96. The normalized spacial score (nSPS) is 20.2. The van der Waals surface area contributed by atoms with Gasteiger partial charge in [0.2, 0.25) is 0 Å². The fourth-order valence-corrected chi connectivity index (χ4v) is 5.11. The van der Waals surface area contributed by atoms with Crippen LogP contribution in [-0.2, 0) is 16.1 Å². The van der Waals surface area contributed by atoms with Gasteiger partial charge in [0, 0.05) is 18.5 Å². The summed E-state index contributed by atoms with van der Waals surface area (Å²) in [5.41, 5.74) is 9.57. The van der Waals surface area contributed by atoms with Gasteiger partial charge in [-0.2, -0.15) is 5.10 Å². The number of fused-ring (bicyclic) bond motifs is 1. The maximum Gasteiger partial charge on any atom is 0.313 e. The molecule has 1 saturated carbocycles. The number of nitrogen functional groups attached to an aromatic ring is 1. The van der Waals surface area contributed by atoms with Gasteiger partial charge in [-0.1, -0.05) is 13.0 Å². The van der Waals surface area contributed by atoms with Crippen LogP contribution in [0.3, 0.4) is 0 Å². The number of hydrogen-bond acceptors (Lipinski definition) is 6. The summed E-state index contributed by atoms with van der Waals surface area (Å²) in [6.45, 7) is 4.38. The van der Waals surface area contributed by atoms with Crippen molar-refractivity contribution in [1.82, 2.24) is 24.6 Å².